The van der Waals surface area contributed by atoms with Crippen molar-refractivity contribution in [3.8, 4) is 0 Å². The Kier molecular flexibility index (Phi) is 4.93. The molecule has 0 spiro atoms. The molecule has 2 rings (SSSR count). The molecule has 1 atom stereocenters. The van der Waals surface area contributed by atoms with Crippen molar-refractivity contribution in [3.05, 3.63) is 35.9 Å². The number of nitrogens with zero attached hydrogens (tertiary/aromatic N) is 2. The molecule has 19 heavy (non-hydrogen) atoms. The third-order valence-electron chi connectivity index (χ3n) is 3.77. The van der Waals surface area contributed by atoms with Crippen molar-refractivity contribution in [1.82, 2.24) is 9.80 Å². The topological polar surface area (TPSA) is 49.6 Å². The third-order valence-corrected chi connectivity index (χ3v) is 3.77. The van der Waals surface area contributed by atoms with E-state index in [-0.39, 0.29) is 12.5 Å². The smallest absolute Gasteiger partial charge is 0.236 e. The third kappa shape index (κ3) is 3.55. The van der Waals surface area contributed by atoms with E-state index in [0.29, 0.717) is 6.04 Å². The minimum absolute atomic E-state index is 0.0639. The molecule has 1 amide bonds. The van der Waals surface area contributed by atoms with Crippen LogP contribution in [0.25, 0.3) is 0 Å². The van der Waals surface area contributed by atoms with Crippen molar-refractivity contribution in [2.24, 2.45) is 5.73 Å². The Morgan fingerprint density at radius 3 is 2.79 bits per heavy atom. The van der Waals surface area contributed by atoms with Crippen LogP contribution in [0.2, 0.25) is 0 Å². The Labute approximate surface area is 115 Å². The van der Waals surface area contributed by atoms with Crippen LogP contribution in [0.5, 0.6) is 0 Å². The van der Waals surface area contributed by atoms with Crippen LogP contribution < -0.4 is 5.73 Å². The van der Waals surface area contributed by atoms with E-state index in [9.17, 15) is 4.79 Å². The molecule has 0 aliphatic carbocycles. The maximum Gasteiger partial charge on any atom is 0.236 e. The Bertz CT molecular complexity index is 407. The lowest BCUT2D eigenvalue weighted by molar-refractivity contribution is -0.131. The van der Waals surface area contributed by atoms with Crippen LogP contribution in [0.1, 0.15) is 18.9 Å². The summed E-state index contributed by atoms with van der Waals surface area (Å²) in [4.78, 5) is 16.1. The van der Waals surface area contributed by atoms with Crippen LogP contribution in [0.4, 0.5) is 0 Å². The Hall–Kier alpha value is -1.39. The summed E-state index contributed by atoms with van der Waals surface area (Å²) >= 11 is 0. The highest BCUT2D eigenvalue weighted by Gasteiger charge is 2.28. The Balaban J connectivity index is 1.90. The molecule has 1 unspecified atom stereocenters. The molecular weight excluding hydrogens is 238 g/mol. The quantitative estimate of drug-likeness (QED) is 0.862. The summed E-state index contributed by atoms with van der Waals surface area (Å²) in [6, 6.07) is 10.8. The van der Waals surface area contributed by atoms with E-state index in [4.69, 9.17) is 5.73 Å². The number of benzene rings is 1. The van der Waals surface area contributed by atoms with E-state index < -0.39 is 0 Å². The highest BCUT2D eigenvalue weighted by molar-refractivity contribution is 5.78. The molecular formula is C15H23N3O. The van der Waals surface area contributed by atoms with Crippen LogP contribution in [-0.4, -0.2) is 47.9 Å². The number of hydrogen-bond acceptors (Lipinski definition) is 3. The van der Waals surface area contributed by atoms with Gasteiger partial charge in [0.15, 0.2) is 0 Å². The molecule has 0 radical (unpaired) electrons. The number of likely N-dealkylation sites (tertiary alicyclic amines) is 1. The minimum atomic E-state index is 0.0639. The lowest BCUT2D eigenvalue weighted by atomic mass is 10.2. The molecule has 104 valence electrons. The van der Waals surface area contributed by atoms with Gasteiger partial charge in [0.2, 0.25) is 5.91 Å². The number of rotatable bonds is 5. The van der Waals surface area contributed by atoms with Gasteiger partial charge in [0.05, 0.1) is 6.54 Å². The van der Waals surface area contributed by atoms with Gasteiger partial charge in [-0.1, -0.05) is 30.3 Å². The normalized spacial score (nSPS) is 19.6. The molecule has 1 aromatic carbocycles. The molecule has 0 bridgehead atoms. The summed E-state index contributed by atoms with van der Waals surface area (Å²) in [5.41, 5.74) is 6.80. The SMILES string of the molecule is CCN(C(=O)CN)C1CCN(Cc2ccccc2)C1. The monoisotopic (exact) mass is 261 g/mol. The number of carbonyl (C=O) groups excluding carboxylic acids is 1. The maximum absolute atomic E-state index is 11.8. The van der Waals surface area contributed by atoms with Gasteiger partial charge in [-0.2, -0.15) is 0 Å². The van der Waals surface area contributed by atoms with Crippen molar-refractivity contribution < 1.29 is 4.79 Å². The van der Waals surface area contributed by atoms with Crippen LogP contribution >= 0.6 is 0 Å². The molecule has 1 aromatic rings. The largest absolute Gasteiger partial charge is 0.338 e. The van der Waals surface area contributed by atoms with Crippen LogP contribution in [-0.2, 0) is 11.3 Å². The van der Waals surface area contributed by atoms with E-state index in [0.717, 1.165) is 32.6 Å². The van der Waals surface area contributed by atoms with Gasteiger partial charge in [-0.15, -0.1) is 0 Å². The van der Waals surface area contributed by atoms with E-state index in [1.807, 2.05) is 17.9 Å². The summed E-state index contributed by atoms with van der Waals surface area (Å²) in [6.07, 6.45) is 1.05. The zero-order valence-corrected chi connectivity index (χ0v) is 11.6. The highest BCUT2D eigenvalue weighted by atomic mass is 16.2. The van der Waals surface area contributed by atoms with Crippen molar-refractivity contribution in [2.75, 3.05) is 26.2 Å². The molecule has 1 heterocycles. The number of nitrogens with two attached hydrogens (primary N) is 1. The van der Waals surface area contributed by atoms with Gasteiger partial charge in [0.1, 0.15) is 0 Å². The minimum Gasteiger partial charge on any atom is -0.338 e. The first-order chi connectivity index (χ1) is 9.24. The van der Waals surface area contributed by atoms with Crippen LogP contribution in [0, 0.1) is 0 Å². The maximum atomic E-state index is 11.8. The van der Waals surface area contributed by atoms with Gasteiger partial charge in [-0.3, -0.25) is 9.69 Å². The fraction of sp³-hybridized carbons (Fsp3) is 0.533. The van der Waals surface area contributed by atoms with E-state index in [1.165, 1.54) is 5.56 Å². The molecule has 1 aliphatic rings. The van der Waals surface area contributed by atoms with E-state index in [1.54, 1.807) is 0 Å². The predicted molar refractivity (Wildman–Crippen MR) is 76.6 cm³/mol. The summed E-state index contributed by atoms with van der Waals surface area (Å²) in [5, 5.41) is 0. The fourth-order valence-electron chi connectivity index (χ4n) is 2.81. The molecule has 4 heteroatoms. The van der Waals surface area contributed by atoms with Crippen molar-refractivity contribution >= 4 is 5.91 Å². The van der Waals surface area contributed by atoms with Crippen LogP contribution in [0.3, 0.4) is 0 Å². The number of amides is 1. The summed E-state index contributed by atoms with van der Waals surface area (Å²) in [7, 11) is 0. The van der Waals surface area contributed by atoms with Gasteiger partial charge in [-0.05, 0) is 18.9 Å². The average Bonchev–Trinajstić information content (AvgIpc) is 2.89. The van der Waals surface area contributed by atoms with Gasteiger partial charge in [0, 0.05) is 32.2 Å². The first kappa shape index (κ1) is 14.0. The second-order valence-electron chi connectivity index (χ2n) is 5.05. The lowest BCUT2D eigenvalue weighted by Gasteiger charge is -2.27. The fourth-order valence-corrected chi connectivity index (χ4v) is 2.81. The average molecular weight is 261 g/mol. The first-order valence-electron chi connectivity index (χ1n) is 7.00. The van der Waals surface area contributed by atoms with Gasteiger partial charge in [0.25, 0.3) is 0 Å². The first-order valence-corrected chi connectivity index (χ1v) is 7.00. The van der Waals surface area contributed by atoms with Gasteiger partial charge < -0.3 is 10.6 Å². The second kappa shape index (κ2) is 6.68. The molecule has 0 saturated carbocycles. The van der Waals surface area contributed by atoms with Crippen molar-refractivity contribution in [2.45, 2.75) is 25.9 Å². The lowest BCUT2D eigenvalue weighted by Crippen LogP contribution is -2.44. The number of hydrogen-bond donors (Lipinski definition) is 1. The Morgan fingerprint density at radius 2 is 2.16 bits per heavy atom. The van der Waals surface area contributed by atoms with Crippen LogP contribution in [0.15, 0.2) is 30.3 Å². The Morgan fingerprint density at radius 1 is 1.42 bits per heavy atom. The zero-order valence-electron chi connectivity index (χ0n) is 11.6. The van der Waals surface area contributed by atoms with Crippen molar-refractivity contribution in [1.29, 1.82) is 0 Å². The molecule has 0 aromatic heterocycles. The summed E-state index contributed by atoms with van der Waals surface area (Å²) in [5.74, 6) is 0.0639. The zero-order chi connectivity index (χ0) is 13.7. The van der Waals surface area contributed by atoms with E-state index in [2.05, 4.69) is 29.2 Å². The van der Waals surface area contributed by atoms with Crippen molar-refractivity contribution in [3.63, 3.8) is 0 Å². The molecule has 1 saturated heterocycles. The van der Waals surface area contributed by atoms with E-state index >= 15 is 0 Å². The standard InChI is InChI=1S/C15H23N3O/c1-2-18(15(19)10-16)14-8-9-17(12-14)11-13-6-4-3-5-7-13/h3-7,14H,2,8-12,16H2,1H3. The summed E-state index contributed by atoms with van der Waals surface area (Å²) in [6.45, 7) is 5.85. The molecule has 2 N–H and O–H groups in total. The number of likely N-dealkylation sites (N-methyl/N-ethyl adjacent to an activating group) is 1. The molecule has 1 fully saturated rings. The highest BCUT2D eigenvalue weighted by Crippen LogP contribution is 2.18. The predicted octanol–water partition coefficient (Wildman–Crippen LogP) is 1.07. The number of carbonyl (C=O) groups is 1. The van der Waals surface area contributed by atoms with Gasteiger partial charge in [-0.25, -0.2) is 0 Å². The summed E-state index contributed by atoms with van der Waals surface area (Å²) < 4.78 is 0. The molecule has 4 nitrogen and oxygen atoms in total. The molecule has 1 aliphatic heterocycles. The van der Waals surface area contributed by atoms with Gasteiger partial charge >= 0.3 is 0 Å². The second-order valence-corrected chi connectivity index (χ2v) is 5.05.